The first-order valence-corrected chi connectivity index (χ1v) is 9.70. The number of carbonyl (C=O) groups excluding carboxylic acids is 1. The van der Waals surface area contributed by atoms with Crippen LogP contribution >= 0.6 is 0 Å². The van der Waals surface area contributed by atoms with Gasteiger partial charge in [-0.15, -0.1) is 0 Å². The van der Waals surface area contributed by atoms with Crippen LogP contribution in [0.25, 0.3) is 0 Å². The first kappa shape index (κ1) is 19.8. The molecule has 0 saturated heterocycles. The average Bonchev–Trinajstić information content (AvgIpc) is 2.65. The van der Waals surface area contributed by atoms with E-state index in [1.54, 1.807) is 0 Å². The fraction of sp³-hybridized carbons (Fsp3) is 0.667. The molecule has 0 aromatic heterocycles. The quantitative estimate of drug-likeness (QED) is 0.501. The molecule has 1 N–H and O–H groups in total. The van der Waals surface area contributed by atoms with E-state index < -0.39 is 0 Å². The molecule has 1 aliphatic rings. The molecule has 4 heteroatoms. The van der Waals surface area contributed by atoms with E-state index in [1.807, 2.05) is 18.2 Å². The molecule has 2 rings (SSSR count). The smallest absolute Gasteiger partial charge is 0.305 e. The van der Waals surface area contributed by atoms with Crippen molar-refractivity contribution in [3.63, 3.8) is 0 Å². The Morgan fingerprint density at radius 1 is 1.24 bits per heavy atom. The van der Waals surface area contributed by atoms with Crippen molar-refractivity contribution in [2.24, 2.45) is 5.92 Å². The Morgan fingerprint density at radius 2 is 2.00 bits per heavy atom. The van der Waals surface area contributed by atoms with E-state index in [0.29, 0.717) is 25.5 Å². The number of methoxy groups -OCH3 is 1. The van der Waals surface area contributed by atoms with Gasteiger partial charge < -0.3 is 14.8 Å². The molecular formula is C21H33NO3. The normalized spacial score (nSPS) is 16.4. The molecular weight excluding hydrogens is 314 g/mol. The minimum atomic E-state index is -0.185. The molecule has 1 fully saturated rings. The van der Waals surface area contributed by atoms with Gasteiger partial charge in [-0.05, 0) is 31.7 Å². The molecule has 0 spiro atoms. The number of esters is 1. The number of benzene rings is 1. The van der Waals surface area contributed by atoms with E-state index in [-0.39, 0.29) is 5.97 Å². The highest BCUT2D eigenvalue weighted by Crippen LogP contribution is 2.27. The van der Waals surface area contributed by atoms with Crippen molar-refractivity contribution in [1.82, 2.24) is 5.32 Å². The largest absolute Gasteiger partial charge is 0.493 e. The average molecular weight is 347 g/mol. The third-order valence-electron chi connectivity index (χ3n) is 5.04. The monoisotopic (exact) mass is 347 g/mol. The molecule has 1 aliphatic carbocycles. The van der Waals surface area contributed by atoms with Crippen LogP contribution < -0.4 is 10.1 Å². The van der Waals surface area contributed by atoms with E-state index >= 15 is 0 Å². The number of hydrogen-bond donors (Lipinski definition) is 1. The fourth-order valence-electron chi connectivity index (χ4n) is 3.58. The second-order valence-corrected chi connectivity index (χ2v) is 7.16. The van der Waals surface area contributed by atoms with Crippen LogP contribution in [0.5, 0.6) is 5.75 Å². The Hall–Kier alpha value is -1.55. The van der Waals surface area contributed by atoms with Crippen molar-refractivity contribution >= 4 is 5.97 Å². The van der Waals surface area contributed by atoms with Crippen LogP contribution in [0.3, 0.4) is 0 Å². The maximum atomic E-state index is 11.1. The zero-order valence-corrected chi connectivity index (χ0v) is 15.8. The van der Waals surface area contributed by atoms with Crippen LogP contribution in [0.2, 0.25) is 0 Å². The minimum Gasteiger partial charge on any atom is -0.493 e. The Bertz CT molecular complexity index is 512. The summed E-state index contributed by atoms with van der Waals surface area (Å²) in [5.74, 6) is 1.61. The zero-order chi connectivity index (χ0) is 17.9. The standard InChI is InChI=1S/C21H33NO3/c1-17(15-18-9-4-3-5-10-18)22-16-19-11-6-7-12-20(19)25-14-8-13-21(23)24-2/h6-7,11-12,17-18,22H,3-5,8-10,13-16H2,1-2H3. The highest BCUT2D eigenvalue weighted by molar-refractivity contribution is 5.69. The van der Waals surface area contributed by atoms with Gasteiger partial charge in [-0.3, -0.25) is 4.79 Å². The van der Waals surface area contributed by atoms with Gasteiger partial charge in [-0.25, -0.2) is 0 Å². The summed E-state index contributed by atoms with van der Waals surface area (Å²) in [7, 11) is 1.42. The lowest BCUT2D eigenvalue weighted by Gasteiger charge is -2.25. The Morgan fingerprint density at radius 3 is 2.76 bits per heavy atom. The number of carbonyl (C=O) groups is 1. The van der Waals surface area contributed by atoms with Gasteiger partial charge in [-0.1, -0.05) is 50.3 Å². The third-order valence-corrected chi connectivity index (χ3v) is 5.04. The highest BCUT2D eigenvalue weighted by Gasteiger charge is 2.16. The Balaban J connectivity index is 1.74. The van der Waals surface area contributed by atoms with Gasteiger partial charge >= 0.3 is 5.97 Å². The van der Waals surface area contributed by atoms with Crippen molar-refractivity contribution < 1.29 is 14.3 Å². The SMILES string of the molecule is COC(=O)CCCOc1ccccc1CNC(C)CC1CCCCC1. The van der Waals surface area contributed by atoms with E-state index in [2.05, 4.69) is 23.0 Å². The molecule has 0 bridgehead atoms. The molecule has 1 saturated carbocycles. The second-order valence-electron chi connectivity index (χ2n) is 7.16. The molecule has 1 atom stereocenters. The van der Waals surface area contributed by atoms with Gasteiger partial charge in [0.05, 0.1) is 13.7 Å². The molecule has 0 radical (unpaired) electrons. The molecule has 0 heterocycles. The summed E-state index contributed by atoms with van der Waals surface area (Å²) in [5, 5.41) is 3.65. The predicted octanol–water partition coefficient (Wildman–Crippen LogP) is 4.47. The molecule has 0 aliphatic heterocycles. The van der Waals surface area contributed by atoms with Gasteiger partial charge in [0.2, 0.25) is 0 Å². The summed E-state index contributed by atoms with van der Waals surface area (Å²) in [6.07, 6.45) is 9.35. The lowest BCUT2D eigenvalue weighted by molar-refractivity contribution is -0.140. The maximum Gasteiger partial charge on any atom is 0.305 e. The molecule has 0 amide bonds. The van der Waals surface area contributed by atoms with Gasteiger partial charge in [0, 0.05) is 24.6 Å². The summed E-state index contributed by atoms with van der Waals surface area (Å²) in [4.78, 5) is 11.1. The zero-order valence-electron chi connectivity index (χ0n) is 15.8. The van der Waals surface area contributed by atoms with Gasteiger partial charge in [0.15, 0.2) is 0 Å². The minimum absolute atomic E-state index is 0.185. The lowest BCUT2D eigenvalue weighted by atomic mass is 9.85. The van der Waals surface area contributed by atoms with Crippen molar-refractivity contribution in [3.8, 4) is 5.75 Å². The number of hydrogen-bond acceptors (Lipinski definition) is 4. The van der Waals surface area contributed by atoms with Gasteiger partial charge in [-0.2, -0.15) is 0 Å². The number of ether oxygens (including phenoxy) is 2. The summed E-state index contributed by atoms with van der Waals surface area (Å²) < 4.78 is 10.5. The molecule has 4 nitrogen and oxygen atoms in total. The second kappa shape index (κ2) is 11.1. The van der Waals surface area contributed by atoms with E-state index in [0.717, 1.165) is 18.2 Å². The van der Waals surface area contributed by atoms with Crippen molar-refractivity contribution in [2.75, 3.05) is 13.7 Å². The maximum absolute atomic E-state index is 11.1. The lowest BCUT2D eigenvalue weighted by Crippen LogP contribution is -2.28. The number of nitrogens with one attached hydrogen (secondary N) is 1. The van der Waals surface area contributed by atoms with Crippen LogP contribution in [0.15, 0.2) is 24.3 Å². The third kappa shape index (κ3) is 7.47. The van der Waals surface area contributed by atoms with Crippen LogP contribution in [-0.2, 0) is 16.1 Å². The molecule has 1 aromatic carbocycles. The topological polar surface area (TPSA) is 47.6 Å². The summed E-state index contributed by atoms with van der Waals surface area (Å²) in [5.41, 5.74) is 1.18. The van der Waals surface area contributed by atoms with E-state index in [1.165, 1.54) is 51.2 Å². The van der Waals surface area contributed by atoms with Crippen molar-refractivity contribution in [1.29, 1.82) is 0 Å². The molecule has 1 aromatic rings. The molecule has 140 valence electrons. The van der Waals surface area contributed by atoms with Crippen LogP contribution in [0.4, 0.5) is 0 Å². The first-order valence-electron chi connectivity index (χ1n) is 9.70. The van der Waals surface area contributed by atoms with Crippen LogP contribution in [-0.4, -0.2) is 25.7 Å². The van der Waals surface area contributed by atoms with E-state index in [4.69, 9.17) is 4.74 Å². The first-order chi connectivity index (χ1) is 12.2. The summed E-state index contributed by atoms with van der Waals surface area (Å²) in [6, 6.07) is 8.67. The van der Waals surface area contributed by atoms with Crippen LogP contribution in [0.1, 0.15) is 63.9 Å². The van der Waals surface area contributed by atoms with Crippen molar-refractivity contribution in [3.05, 3.63) is 29.8 Å². The van der Waals surface area contributed by atoms with Crippen LogP contribution in [0, 0.1) is 5.92 Å². The summed E-state index contributed by atoms with van der Waals surface area (Å²) in [6.45, 7) is 3.64. The van der Waals surface area contributed by atoms with Gasteiger partial charge in [0.1, 0.15) is 5.75 Å². The summed E-state index contributed by atoms with van der Waals surface area (Å²) >= 11 is 0. The molecule has 1 unspecified atom stereocenters. The Labute approximate surface area is 152 Å². The fourth-order valence-corrected chi connectivity index (χ4v) is 3.58. The van der Waals surface area contributed by atoms with Gasteiger partial charge in [0.25, 0.3) is 0 Å². The number of rotatable bonds is 10. The Kier molecular flexibility index (Phi) is 8.81. The molecule has 25 heavy (non-hydrogen) atoms. The predicted molar refractivity (Wildman–Crippen MR) is 101 cm³/mol. The number of para-hydroxylation sites is 1. The van der Waals surface area contributed by atoms with Crippen molar-refractivity contribution in [2.45, 2.75) is 70.9 Å². The van der Waals surface area contributed by atoms with E-state index in [9.17, 15) is 4.79 Å². The highest BCUT2D eigenvalue weighted by atomic mass is 16.5.